The van der Waals surface area contributed by atoms with Gasteiger partial charge in [-0.2, -0.15) is 22.3 Å². The van der Waals surface area contributed by atoms with Gasteiger partial charge in [0.1, 0.15) is 0 Å². The molecule has 2 rings (SSSR count). The third-order valence-electron chi connectivity index (χ3n) is 3.99. The highest BCUT2D eigenvalue weighted by molar-refractivity contribution is 7.86. The van der Waals surface area contributed by atoms with Gasteiger partial charge in [0.2, 0.25) is 0 Å². The molecule has 1 fully saturated rings. The van der Waals surface area contributed by atoms with Crippen LogP contribution in [-0.2, 0) is 21.6 Å². The Morgan fingerprint density at radius 3 is 2.57 bits per heavy atom. The van der Waals surface area contributed by atoms with Crippen molar-refractivity contribution in [3.63, 3.8) is 0 Å². The van der Waals surface area contributed by atoms with Crippen LogP contribution in [0.3, 0.4) is 0 Å². The van der Waals surface area contributed by atoms with Crippen LogP contribution in [0.1, 0.15) is 24.8 Å². The lowest BCUT2D eigenvalue weighted by atomic mass is 10.1. The van der Waals surface area contributed by atoms with Crippen molar-refractivity contribution in [3.8, 4) is 6.07 Å². The van der Waals surface area contributed by atoms with Crippen molar-refractivity contribution in [2.45, 2.75) is 32.0 Å². The Bertz CT molecular complexity index is 620. The minimum Gasteiger partial charge on any atom is -0.373 e. The minimum atomic E-state index is -3.46. The molecule has 1 aromatic rings. The van der Waals surface area contributed by atoms with Gasteiger partial charge in [0, 0.05) is 33.1 Å². The fraction of sp³-hybridized carbons (Fsp3) is 0.562. The maximum Gasteiger partial charge on any atom is 0.281 e. The third kappa shape index (κ3) is 5.01. The van der Waals surface area contributed by atoms with E-state index in [-0.39, 0.29) is 19.1 Å². The summed E-state index contributed by atoms with van der Waals surface area (Å²) in [7, 11) is -1.95. The Hall–Kier alpha value is -1.46. The zero-order valence-electron chi connectivity index (χ0n) is 13.4. The molecule has 0 N–H and O–H groups in total. The Labute approximate surface area is 138 Å². The fourth-order valence-corrected chi connectivity index (χ4v) is 3.93. The van der Waals surface area contributed by atoms with E-state index in [1.54, 1.807) is 0 Å². The minimum absolute atomic E-state index is 0.0890. The molecule has 0 aromatic heterocycles. The number of nitrogens with zero attached hydrogens (tertiary/aromatic N) is 3. The maximum absolute atomic E-state index is 12.4. The molecule has 1 aliphatic heterocycles. The topological polar surface area (TPSA) is 73.6 Å². The molecule has 0 unspecified atom stereocenters. The van der Waals surface area contributed by atoms with Crippen LogP contribution in [0.4, 0.5) is 0 Å². The normalized spacial score (nSPS) is 17.3. The molecule has 0 saturated carbocycles. The lowest BCUT2D eigenvalue weighted by molar-refractivity contribution is 0.00956. The van der Waals surface area contributed by atoms with Gasteiger partial charge in [-0.25, -0.2) is 0 Å². The second kappa shape index (κ2) is 8.41. The van der Waals surface area contributed by atoms with Gasteiger partial charge in [0.05, 0.1) is 18.8 Å². The van der Waals surface area contributed by atoms with Crippen LogP contribution in [0.25, 0.3) is 0 Å². The molecule has 0 atom stereocenters. The summed E-state index contributed by atoms with van der Waals surface area (Å²) in [6, 6.07) is 11.9. The Morgan fingerprint density at radius 1 is 1.30 bits per heavy atom. The number of ether oxygens (including phenoxy) is 1. The van der Waals surface area contributed by atoms with Gasteiger partial charge in [0.25, 0.3) is 10.2 Å². The summed E-state index contributed by atoms with van der Waals surface area (Å²) in [6.07, 6.45) is 1.67. The van der Waals surface area contributed by atoms with E-state index in [4.69, 9.17) is 10.00 Å². The number of benzene rings is 1. The Balaban J connectivity index is 1.80. The van der Waals surface area contributed by atoms with E-state index >= 15 is 0 Å². The molecule has 23 heavy (non-hydrogen) atoms. The molecule has 126 valence electrons. The molecule has 0 bridgehead atoms. The molecule has 0 aliphatic carbocycles. The second-order valence-electron chi connectivity index (χ2n) is 5.63. The summed E-state index contributed by atoms with van der Waals surface area (Å²) in [5.41, 5.74) is 1.12. The fourth-order valence-electron chi connectivity index (χ4n) is 2.54. The molecular weight excluding hydrogens is 314 g/mol. The highest BCUT2D eigenvalue weighted by Gasteiger charge is 2.31. The van der Waals surface area contributed by atoms with E-state index in [0.29, 0.717) is 32.5 Å². The van der Waals surface area contributed by atoms with Crippen molar-refractivity contribution in [3.05, 3.63) is 35.9 Å². The standard InChI is InChI=1S/C16H23N3O3S/c1-18(11-5-10-17)23(20,21)19-12-8-16(9-13-19)22-14-15-6-3-2-4-7-15/h2-4,6-7,16H,5,8-9,11-14H2,1H3. The number of hydrogen-bond acceptors (Lipinski definition) is 4. The largest absolute Gasteiger partial charge is 0.373 e. The molecule has 1 aromatic carbocycles. The lowest BCUT2D eigenvalue weighted by Gasteiger charge is -2.33. The molecule has 1 aliphatic rings. The van der Waals surface area contributed by atoms with Gasteiger partial charge in [-0.1, -0.05) is 30.3 Å². The van der Waals surface area contributed by atoms with E-state index < -0.39 is 10.2 Å². The van der Waals surface area contributed by atoms with Gasteiger partial charge < -0.3 is 4.74 Å². The second-order valence-corrected chi connectivity index (χ2v) is 7.67. The van der Waals surface area contributed by atoms with Crippen molar-refractivity contribution in [1.82, 2.24) is 8.61 Å². The average Bonchev–Trinajstić information content (AvgIpc) is 2.59. The van der Waals surface area contributed by atoms with Gasteiger partial charge in [-0.05, 0) is 18.4 Å². The maximum atomic E-state index is 12.4. The monoisotopic (exact) mass is 337 g/mol. The van der Waals surface area contributed by atoms with Crippen molar-refractivity contribution in [2.24, 2.45) is 0 Å². The summed E-state index contributed by atoms with van der Waals surface area (Å²) in [5, 5.41) is 8.58. The van der Waals surface area contributed by atoms with Crippen LogP contribution < -0.4 is 0 Å². The van der Waals surface area contributed by atoms with Crippen molar-refractivity contribution in [2.75, 3.05) is 26.7 Å². The van der Waals surface area contributed by atoms with Crippen molar-refractivity contribution >= 4 is 10.2 Å². The van der Waals surface area contributed by atoms with Crippen LogP contribution in [-0.4, -0.2) is 49.8 Å². The zero-order chi connectivity index (χ0) is 16.7. The number of nitriles is 1. The van der Waals surface area contributed by atoms with E-state index in [0.717, 1.165) is 5.56 Å². The summed E-state index contributed by atoms with van der Waals surface area (Å²) in [5.74, 6) is 0. The highest BCUT2D eigenvalue weighted by Crippen LogP contribution is 2.19. The zero-order valence-corrected chi connectivity index (χ0v) is 14.2. The molecule has 6 nitrogen and oxygen atoms in total. The first kappa shape index (κ1) is 17.9. The van der Waals surface area contributed by atoms with Gasteiger partial charge in [-0.3, -0.25) is 0 Å². The molecule has 0 spiro atoms. The molecule has 0 amide bonds. The predicted molar refractivity (Wildman–Crippen MR) is 87.6 cm³/mol. The van der Waals surface area contributed by atoms with Gasteiger partial charge in [0.15, 0.2) is 0 Å². The third-order valence-corrected chi connectivity index (χ3v) is 5.98. The SMILES string of the molecule is CN(CCC#N)S(=O)(=O)N1CCC(OCc2ccccc2)CC1. The first-order valence-corrected chi connectivity index (χ1v) is 9.17. The average molecular weight is 337 g/mol. The quantitative estimate of drug-likeness (QED) is 0.760. The lowest BCUT2D eigenvalue weighted by Crippen LogP contribution is -2.47. The first-order chi connectivity index (χ1) is 11.0. The number of hydrogen-bond donors (Lipinski definition) is 0. The van der Waals surface area contributed by atoms with Crippen LogP contribution in [0.15, 0.2) is 30.3 Å². The Kier molecular flexibility index (Phi) is 6.54. The van der Waals surface area contributed by atoms with Crippen LogP contribution >= 0.6 is 0 Å². The van der Waals surface area contributed by atoms with E-state index in [1.165, 1.54) is 15.7 Å². The van der Waals surface area contributed by atoms with Crippen LogP contribution in [0, 0.1) is 11.3 Å². The Morgan fingerprint density at radius 2 is 1.96 bits per heavy atom. The van der Waals surface area contributed by atoms with Crippen LogP contribution in [0.5, 0.6) is 0 Å². The summed E-state index contributed by atoms with van der Waals surface area (Å²) in [4.78, 5) is 0. The smallest absolute Gasteiger partial charge is 0.281 e. The molecular formula is C16H23N3O3S. The van der Waals surface area contributed by atoms with E-state index in [1.807, 2.05) is 36.4 Å². The molecule has 1 saturated heterocycles. The van der Waals surface area contributed by atoms with Crippen LogP contribution in [0.2, 0.25) is 0 Å². The summed E-state index contributed by atoms with van der Waals surface area (Å²) in [6.45, 7) is 1.70. The van der Waals surface area contributed by atoms with E-state index in [9.17, 15) is 8.42 Å². The van der Waals surface area contributed by atoms with Crippen molar-refractivity contribution < 1.29 is 13.2 Å². The molecule has 1 heterocycles. The number of piperidine rings is 1. The molecule has 0 radical (unpaired) electrons. The van der Waals surface area contributed by atoms with Gasteiger partial charge >= 0.3 is 0 Å². The van der Waals surface area contributed by atoms with Gasteiger partial charge in [-0.15, -0.1) is 0 Å². The number of rotatable bonds is 7. The predicted octanol–water partition coefficient (Wildman–Crippen LogP) is 1.76. The summed E-state index contributed by atoms with van der Waals surface area (Å²) < 4.78 is 33.4. The highest BCUT2D eigenvalue weighted by atomic mass is 32.2. The van der Waals surface area contributed by atoms with E-state index in [2.05, 4.69) is 0 Å². The first-order valence-electron chi connectivity index (χ1n) is 7.78. The molecule has 7 heteroatoms. The summed E-state index contributed by atoms with van der Waals surface area (Å²) >= 11 is 0. The van der Waals surface area contributed by atoms with Crippen molar-refractivity contribution in [1.29, 1.82) is 5.26 Å².